The van der Waals surface area contributed by atoms with Crippen LogP contribution in [0.15, 0.2) is 4.73 Å². The number of hydrogen-bond donors (Lipinski definition) is 1. The van der Waals surface area contributed by atoms with E-state index in [9.17, 15) is 4.79 Å². The molecule has 15 heavy (non-hydrogen) atoms. The molecule has 1 aliphatic heterocycles. The largest absolute Gasteiger partial charge is 0.481 e. The van der Waals surface area contributed by atoms with Crippen LogP contribution in [-0.4, -0.2) is 27.2 Å². The van der Waals surface area contributed by atoms with Gasteiger partial charge in [-0.2, -0.15) is 0 Å². The first kappa shape index (κ1) is 12.7. The van der Waals surface area contributed by atoms with E-state index in [2.05, 4.69) is 20.9 Å². The van der Waals surface area contributed by atoms with Gasteiger partial charge in [0.15, 0.2) is 4.73 Å². The zero-order valence-corrected chi connectivity index (χ0v) is 11.1. The van der Waals surface area contributed by atoms with Gasteiger partial charge in [-0.25, -0.2) is 4.98 Å². The number of aromatic nitrogens is 2. The lowest BCUT2D eigenvalue weighted by Crippen LogP contribution is -2.17. The van der Waals surface area contributed by atoms with Crippen molar-refractivity contribution < 1.29 is 14.6 Å². The second kappa shape index (κ2) is 5.09. The number of carboxylic acids is 1. The van der Waals surface area contributed by atoms with Gasteiger partial charge in [-0.15, -0.1) is 17.0 Å². The van der Waals surface area contributed by atoms with Gasteiger partial charge in [0, 0.05) is 6.54 Å². The number of hydrogen-bond acceptors (Lipinski definition) is 3. The summed E-state index contributed by atoms with van der Waals surface area (Å²) < 4.78 is 7.89. The summed E-state index contributed by atoms with van der Waals surface area (Å²) in [6.07, 6.45) is -0.0513. The lowest BCUT2D eigenvalue weighted by atomic mass is 10.2. The molecular formula is C8H10Br2N2O3. The molecule has 0 bridgehead atoms. The minimum Gasteiger partial charge on any atom is -0.481 e. The first-order valence-corrected chi connectivity index (χ1v) is 5.01. The minimum atomic E-state index is -0.871. The number of carbonyl (C=O) groups is 1. The molecular weight excluding hydrogens is 332 g/mol. The van der Waals surface area contributed by atoms with E-state index in [0.29, 0.717) is 23.6 Å². The molecule has 0 atom stereocenters. The number of imidazole rings is 1. The molecule has 84 valence electrons. The maximum atomic E-state index is 10.6. The third-order valence-corrected chi connectivity index (χ3v) is 2.73. The van der Waals surface area contributed by atoms with Crippen molar-refractivity contribution >= 4 is 38.9 Å². The second-order valence-electron chi connectivity index (χ2n) is 3.05. The average molecular weight is 342 g/mol. The number of aliphatic carboxylic acids is 1. The molecule has 0 aliphatic carbocycles. The van der Waals surface area contributed by atoms with Crippen LogP contribution in [0.25, 0.3) is 0 Å². The molecule has 2 heterocycles. The van der Waals surface area contributed by atoms with Gasteiger partial charge >= 0.3 is 5.97 Å². The molecule has 0 amide bonds. The highest BCUT2D eigenvalue weighted by atomic mass is 79.9. The molecule has 0 fully saturated rings. The molecule has 0 aromatic carbocycles. The van der Waals surface area contributed by atoms with Crippen LogP contribution in [0.5, 0.6) is 0 Å². The smallest absolute Gasteiger partial charge is 0.309 e. The second-order valence-corrected chi connectivity index (χ2v) is 3.76. The summed E-state index contributed by atoms with van der Waals surface area (Å²) in [5.74, 6) is -0.871. The van der Waals surface area contributed by atoms with Crippen LogP contribution in [0.4, 0.5) is 0 Å². The number of halogens is 2. The van der Waals surface area contributed by atoms with Gasteiger partial charge < -0.3 is 14.4 Å². The van der Waals surface area contributed by atoms with Crippen LogP contribution in [0.3, 0.4) is 0 Å². The first-order chi connectivity index (χ1) is 6.68. The third kappa shape index (κ3) is 2.59. The quantitative estimate of drug-likeness (QED) is 0.882. The van der Waals surface area contributed by atoms with Crippen molar-refractivity contribution in [1.82, 2.24) is 9.55 Å². The Morgan fingerprint density at radius 1 is 1.67 bits per heavy atom. The van der Waals surface area contributed by atoms with E-state index < -0.39 is 5.97 Å². The van der Waals surface area contributed by atoms with Gasteiger partial charge in [0.25, 0.3) is 0 Å². The van der Waals surface area contributed by atoms with Crippen molar-refractivity contribution in [2.45, 2.75) is 19.6 Å². The number of carboxylic acid groups (broad SMARTS) is 1. The fraction of sp³-hybridized carbons (Fsp3) is 0.500. The molecule has 1 aliphatic rings. The summed E-state index contributed by atoms with van der Waals surface area (Å²) in [6.45, 7) is 1.82. The number of ether oxygens (including phenoxy) is 1. The third-order valence-electron chi connectivity index (χ3n) is 2.13. The van der Waals surface area contributed by atoms with E-state index in [-0.39, 0.29) is 23.4 Å². The van der Waals surface area contributed by atoms with Gasteiger partial charge in [0.2, 0.25) is 0 Å². The van der Waals surface area contributed by atoms with Crippen molar-refractivity contribution in [3.8, 4) is 0 Å². The van der Waals surface area contributed by atoms with Crippen molar-refractivity contribution in [3.05, 3.63) is 16.1 Å². The Kier molecular flexibility index (Phi) is 4.30. The Bertz CT molecular complexity index is 378. The lowest BCUT2D eigenvalue weighted by molar-refractivity contribution is -0.136. The zero-order valence-electron chi connectivity index (χ0n) is 7.77. The Morgan fingerprint density at radius 3 is 3.07 bits per heavy atom. The van der Waals surface area contributed by atoms with Gasteiger partial charge in [-0.05, 0) is 15.9 Å². The van der Waals surface area contributed by atoms with Crippen LogP contribution in [0.2, 0.25) is 0 Å². The monoisotopic (exact) mass is 340 g/mol. The van der Waals surface area contributed by atoms with Gasteiger partial charge in [-0.3, -0.25) is 4.79 Å². The molecule has 1 aromatic heterocycles. The molecule has 0 spiro atoms. The molecule has 1 aromatic rings. The molecule has 2 rings (SSSR count). The fourth-order valence-corrected chi connectivity index (χ4v) is 2.11. The van der Waals surface area contributed by atoms with Gasteiger partial charge in [0.1, 0.15) is 0 Å². The molecule has 0 unspecified atom stereocenters. The Labute approximate surface area is 105 Å². The minimum absolute atomic E-state index is 0. The highest BCUT2D eigenvalue weighted by molar-refractivity contribution is 9.10. The molecule has 0 radical (unpaired) electrons. The summed E-state index contributed by atoms with van der Waals surface area (Å²) in [5, 5.41) is 8.67. The normalized spacial score (nSPS) is 14.2. The van der Waals surface area contributed by atoms with Crippen LogP contribution in [0, 0.1) is 0 Å². The zero-order chi connectivity index (χ0) is 10.1. The molecule has 0 saturated carbocycles. The van der Waals surface area contributed by atoms with Crippen molar-refractivity contribution in [2.24, 2.45) is 0 Å². The SMILES string of the molecule is Br.O=C(O)Cc1nc(Br)n2c1COCC2. The van der Waals surface area contributed by atoms with Crippen LogP contribution >= 0.6 is 32.9 Å². The van der Waals surface area contributed by atoms with E-state index in [4.69, 9.17) is 9.84 Å². The van der Waals surface area contributed by atoms with E-state index in [0.717, 1.165) is 12.2 Å². The van der Waals surface area contributed by atoms with E-state index >= 15 is 0 Å². The van der Waals surface area contributed by atoms with Crippen LogP contribution in [0.1, 0.15) is 11.4 Å². The lowest BCUT2D eigenvalue weighted by Gasteiger charge is -2.16. The molecule has 7 heteroatoms. The maximum absolute atomic E-state index is 10.6. The first-order valence-electron chi connectivity index (χ1n) is 4.22. The summed E-state index contributed by atoms with van der Waals surface area (Å²) in [6, 6.07) is 0. The standard InChI is InChI=1S/C8H9BrN2O3.BrH/c9-8-10-5(3-7(12)13)6-4-14-2-1-11(6)8;/h1-4H2,(H,12,13);1H. The molecule has 1 N–H and O–H groups in total. The van der Waals surface area contributed by atoms with Crippen molar-refractivity contribution in [1.29, 1.82) is 0 Å². The number of rotatable bonds is 2. The van der Waals surface area contributed by atoms with Gasteiger partial charge in [-0.1, -0.05) is 0 Å². The fourth-order valence-electron chi connectivity index (χ4n) is 1.50. The Morgan fingerprint density at radius 2 is 2.40 bits per heavy atom. The summed E-state index contributed by atoms with van der Waals surface area (Å²) in [7, 11) is 0. The topological polar surface area (TPSA) is 64.3 Å². The summed E-state index contributed by atoms with van der Waals surface area (Å²) >= 11 is 3.30. The summed E-state index contributed by atoms with van der Waals surface area (Å²) in [4.78, 5) is 14.7. The Hall–Kier alpha value is -0.400. The summed E-state index contributed by atoms with van der Waals surface area (Å²) in [5.41, 5.74) is 1.45. The highest BCUT2D eigenvalue weighted by Crippen LogP contribution is 2.21. The highest BCUT2D eigenvalue weighted by Gasteiger charge is 2.20. The average Bonchev–Trinajstić information content (AvgIpc) is 2.44. The van der Waals surface area contributed by atoms with E-state index in [1.165, 1.54) is 0 Å². The van der Waals surface area contributed by atoms with E-state index in [1.54, 1.807) is 0 Å². The van der Waals surface area contributed by atoms with Crippen molar-refractivity contribution in [3.63, 3.8) is 0 Å². The van der Waals surface area contributed by atoms with E-state index in [1.807, 2.05) is 4.57 Å². The number of nitrogens with zero attached hydrogens (tertiary/aromatic N) is 2. The molecule has 5 nitrogen and oxygen atoms in total. The number of fused-ring (bicyclic) bond motifs is 1. The van der Waals surface area contributed by atoms with Gasteiger partial charge in [0.05, 0.1) is 31.0 Å². The van der Waals surface area contributed by atoms with Crippen LogP contribution < -0.4 is 0 Å². The van der Waals surface area contributed by atoms with Crippen LogP contribution in [-0.2, 0) is 29.1 Å². The molecule has 0 saturated heterocycles. The van der Waals surface area contributed by atoms with Crippen molar-refractivity contribution in [2.75, 3.05) is 6.61 Å². The maximum Gasteiger partial charge on any atom is 0.309 e. The Balaban J connectivity index is 0.00000112. The predicted octanol–water partition coefficient (Wildman–Crippen LogP) is 1.38. The predicted molar refractivity (Wildman–Crippen MR) is 61.2 cm³/mol.